The Morgan fingerprint density at radius 1 is 1.39 bits per heavy atom. The molecule has 1 aliphatic carbocycles. The van der Waals surface area contributed by atoms with Crippen LogP contribution in [0.25, 0.3) is 10.9 Å². The summed E-state index contributed by atoms with van der Waals surface area (Å²) in [6.45, 7) is 0. The number of methoxy groups -OCH3 is 1. The van der Waals surface area contributed by atoms with Crippen LogP contribution in [0.15, 0.2) is 24.3 Å². The van der Waals surface area contributed by atoms with Crippen molar-refractivity contribution in [3.8, 4) is 0 Å². The number of aromatic nitrogens is 1. The molecule has 1 amide bonds. The lowest BCUT2D eigenvalue weighted by atomic mass is 10.0. The molecular formula is C17H21FN2O3. The lowest BCUT2D eigenvalue weighted by molar-refractivity contribution is -0.0277. The van der Waals surface area contributed by atoms with Crippen molar-refractivity contribution in [3.63, 3.8) is 0 Å². The summed E-state index contributed by atoms with van der Waals surface area (Å²) in [4.78, 5) is 15.2. The zero-order valence-electron chi connectivity index (χ0n) is 13.0. The highest BCUT2D eigenvalue weighted by atomic mass is 19.1. The molecule has 5 nitrogen and oxygen atoms in total. The average Bonchev–Trinajstić information content (AvgIpc) is 2.91. The number of carbonyl (C=O) groups excluding carboxylic acids is 1. The summed E-state index contributed by atoms with van der Waals surface area (Å²) in [5.41, 5.74) is 0.601. The van der Waals surface area contributed by atoms with Crippen LogP contribution in [-0.2, 0) is 4.74 Å². The van der Waals surface area contributed by atoms with Gasteiger partial charge in [0.05, 0.1) is 17.7 Å². The Kier molecular flexibility index (Phi) is 4.63. The van der Waals surface area contributed by atoms with E-state index in [1.807, 2.05) is 0 Å². The highest BCUT2D eigenvalue weighted by molar-refractivity contribution is 5.98. The van der Waals surface area contributed by atoms with Gasteiger partial charge in [-0.3, -0.25) is 4.79 Å². The van der Waals surface area contributed by atoms with Gasteiger partial charge in [-0.05, 0) is 25.0 Å². The number of ether oxygens (including phenoxy) is 1. The largest absolute Gasteiger partial charge is 0.388 e. The zero-order chi connectivity index (χ0) is 16.4. The van der Waals surface area contributed by atoms with E-state index in [1.165, 1.54) is 6.07 Å². The van der Waals surface area contributed by atoms with Crippen LogP contribution in [0.5, 0.6) is 0 Å². The van der Waals surface area contributed by atoms with Crippen LogP contribution < -0.4 is 5.32 Å². The number of aliphatic hydroxyl groups excluding tert-OH is 1. The van der Waals surface area contributed by atoms with E-state index in [0.717, 1.165) is 19.3 Å². The number of carbonyl (C=O) groups is 1. The molecule has 1 fully saturated rings. The van der Waals surface area contributed by atoms with Crippen molar-refractivity contribution in [1.82, 2.24) is 10.3 Å². The molecule has 3 atom stereocenters. The maximum Gasteiger partial charge on any atom is 0.268 e. The van der Waals surface area contributed by atoms with Crippen molar-refractivity contribution < 1.29 is 19.0 Å². The predicted octanol–water partition coefficient (Wildman–Crippen LogP) is 2.36. The van der Waals surface area contributed by atoms with Gasteiger partial charge in [0.2, 0.25) is 0 Å². The van der Waals surface area contributed by atoms with Gasteiger partial charge in [0.15, 0.2) is 0 Å². The molecule has 0 spiro atoms. The van der Waals surface area contributed by atoms with Crippen LogP contribution in [0.1, 0.15) is 36.2 Å². The number of amides is 1. The van der Waals surface area contributed by atoms with Gasteiger partial charge in [0.25, 0.3) is 5.91 Å². The Morgan fingerprint density at radius 2 is 2.17 bits per heavy atom. The van der Waals surface area contributed by atoms with Gasteiger partial charge in [0, 0.05) is 12.5 Å². The molecule has 3 N–H and O–H groups in total. The Bertz CT molecular complexity index is 700. The van der Waals surface area contributed by atoms with Gasteiger partial charge >= 0.3 is 0 Å². The molecule has 124 valence electrons. The number of nitrogens with one attached hydrogen (secondary N) is 2. The Balaban J connectivity index is 1.78. The van der Waals surface area contributed by atoms with Crippen LogP contribution in [-0.4, -0.2) is 41.4 Å². The fourth-order valence-corrected chi connectivity index (χ4v) is 3.21. The third kappa shape index (κ3) is 3.23. The molecule has 0 radical (unpaired) electrons. The molecule has 1 aromatic heterocycles. The zero-order valence-corrected chi connectivity index (χ0v) is 13.0. The number of aliphatic hydroxyl groups is 1. The van der Waals surface area contributed by atoms with Gasteiger partial charge in [-0.2, -0.15) is 0 Å². The minimum absolute atomic E-state index is 0.275. The van der Waals surface area contributed by atoms with Crippen LogP contribution >= 0.6 is 0 Å². The maximum absolute atomic E-state index is 13.7. The van der Waals surface area contributed by atoms with Gasteiger partial charge in [-0.15, -0.1) is 0 Å². The second kappa shape index (κ2) is 6.68. The van der Waals surface area contributed by atoms with Crippen molar-refractivity contribution in [3.05, 3.63) is 35.8 Å². The quantitative estimate of drug-likeness (QED) is 0.760. The number of hydrogen-bond donors (Lipinski definition) is 3. The van der Waals surface area contributed by atoms with E-state index >= 15 is 0 Å². The molecule has 0 bridgehead atoms. The summed E-state index contributed by atoms with van der Waals surface area (Å²) in [6.07, 6.45) is 2.33. The maximum atomic E-state index is 13.7. The first-order valence-electron chi connectivity index (χ1n) is 7.89. The summed E-state index contributed by atoms with van der Waals surface area (Å²) >= 11 is 0. The van der Waals surface area contributed by atoms with E-state index in [9.17, 15) is 14.3 Å². The first-order chi connectivity index (χ1) is 11.1. The first-order valence-corrected chi connectivity index (χ1v) is 7.89. The van der Waals surface area contributed by atoms with Crippen molar-refractivity contribution in [2.75, 3.05) is 7.11 Å². The smallest absolute Gasteiger partial charge is 0.268 e. The third-order valence-electron chi connectivity index (χ3n) is 4.52. The second-order valence-corrected chi connectivity index (χ2v) is 6.02. The molecule has 0 unspecified atom stereocenters. The van der Waals surface area contributed by atoms with Crippen molar-refractivity contribution >= 4 is 16.8 Å². The van der Waals surface area contributed by atoms with Gasteiger partial charge < -0.3 is 20.1 Å². The normalized spacial score (nSPS) is 25.3. The summed E-state index contributed by atoms with van der Waals surface area (Å²) < 4.78 is 19.0. The Morgan fingerprint density at radius 3 is 2.91 bits per heavy atom. The van der Waals surface area contributed by atoms with E-state index in [0.29, 0.717) is 17.3 Å². The molecule has 3 rings (SSSR count). The number of H-pyrrole nitrogens is 1. The molecular weight excluding hydrogens is 299 g/mol. The molecule has 1 saturated carbocycles. The first kappa shape index (κ1) is 16.0. The molecule has 6 heteroatoms. The van der Waals surface area contributed by atoms with E-state index in [1.54, 1.807) is 25.3 Å². The van der Waals surface area contributed by atoms with E-state index in [-0.39, 0.29) is 23.7 Å². The minimum atomic E-state index is -0.743. The van der Waals surface area contributed by atoms with Gasteiger partial charge in [0.1, 0.15) is 17.6 Å². The lowest BCUT2D eigenvalue weighted by Crippen LogP contribution is -2.48. The fourth-order valence-electron chi connectivity index (χ4n) is 3.21. The number of benzene rings is 1. The summed E-state index contributed by atoms with van der Waals surface area (Å²) in [5, 5.41) is 13.9. The molecule has 0 saturated heterocycles. The van der Waals surface area contributed by atoms with E-state index in [4.69, 9.17) is 4.74 Å². The van der Waals surface area contributed by atoms with Gasteiger partial charge in [-0.1, -0.05) is 25.0 Å². The molecule has 2 aromatic rings. The second-order valence-electron chi connectivity index (χ2n) is 6.02. The average molecular weight is 320 g/mol. The molecule has 1 aliphatic rings. The third-order valence-corrected chi connectivity index (χ3v) is 4.52. The highest BCUT2D eigenvalue weighted by Gasteiger charge is 2.31. The number of hydrogen-bond acceptors (Lipinski definition) is 3. The lowest BCUT2D eigenvalue weighted by Gasteiger charge is -2.26. The monoisotopic (exact) mass is 320 g/mol. The van der Waals surface area contributed by atoms with Crippen LogP contribution in [0.3, 0.4) is 0 Å². The van der Waals surface area contributed by atoms with E-state index in [2.05, 4.69) is 10.3 Å². The van der Waals surface area contributed by atoms with Crippen molar-refractivity contribution in [2.45, 2.75) is 43.9 Å². The van der Waals surface area contributed by atoms with E-state index < -0.39 is 11.9 Å². The summed E-state index contributed by atoms with van der Waals surface area (Å²) in [7, 11) is 1.57. The predicted molar refractivity (Wildman–Crippen MR) is 84.8 cm³/mol. The number of fused-ring (bicyclic) bond motifs is 1. The molecule has 1 aromatic carbocycles. The fraction of sp³-hybridized carbons (Fsp3) is 0.471. The SMILES string of the molecule is CO[C@@H]1CCCC[C@@H](NC(=O)c2cc3cccc(F)c3[nH]2)[C@H]1O. The van der Waals surface area contributed by atoms with Crippen molar-refractivity contribution in [1.29, 1.82) is 0 Å². The topological polar surface area (TPSA) is 74.3 Å². The van der Waals surface area contributed by atoms with Crippen LogP contribution in [0, 0.1) is 5.82 Å². The van der Waals surface area contributed by atoms with Crippen molar-refractivity contribution in [2.24, 2.45) is 0 Å². The van der Waals surface area contributed by atoms with Crippen LogP contribution in [0.2, 0.25) is 0 Å². The highest BCUT2D eigenvalue weighted by Crippen LogP contribution is 2.22. The molecule has 0 aliphatic heterocycles. The summed E-state index contributed by atoms with van der Waals surface area (Å²) in [5.74, 6) is -0.739. The number of rotatable bonds is 3. The number of halogens is 1. The Hall–Kier alpha value is -1.92. The minimum Gasteiger partial charge on any atom is -0.388 e. The standard InChI is InChI=1S/C17H21FN2O3/c1-23-14-8-3-2-7-12(16(14)21)20-17(22)13-9-10-5-4-6-11(18)15(10)19-13/h4-6,9,12,14,16,19,21H,2-3,7-8H2,1H3,(H,20,22)/t12-,14-,16-/m1/s1. The number of para-hydroxylation sites is 1. The summed E-state index contributed by atoms with van der Waals surface area (Å²) in [6, 6.07) is 5.94. The Labute approximate surface area is 133 Å². The number of aromatic amines is 1. The molecule has 23 heavy (non-hydrogen) atoms. The molecule has 1 heterocycles. The van der Waals surface area contributed by atoms with Crippen LogP contribution in [0.4, 0.5) is 4.39 Å². The van der Waals surface area contributed by atoms with Gasteiger partial charge in [-0.25, -0.2) is 4.39 Å².